The first-order valence-corrected chi connectivity index (χ1v) is 6.38. The third-order valence-corrected chi connectivity index (χ3v) is 3.11. The van der Waals surface area contributed by atoms with Crippen LogP contribution in [0.4, 0.5) is 5.69 Å². The van der Waals surface area contributed by atoms with Gasteiger partial charge in [0.25, 0.3) is 0 Å². The lowest BCUT2D eigenvalue weighted by Gasteiger charge is -2.24. The van der Waals surface area contributed by atoms with Crippen molar-refractivity contribution in [2.24, 2.45) is 7.05 Å². The van der Waals surface area contributed by atoms with Gasteiger partial charge in [0.15, 0.2) is 6.20 Å². The molecule has 0 amide bonds. The number of nitrogens with one attached hydrogen (secondary N) is 1. The first-order valence-electron chi connectivity index (χ1n) is 6.38. The van der Waals surface area contributed by atoms with E-state index in [1.165, 1.54) is 16.6 Å². The van der Waals surface area contributed by atoms with E-state index in [0.717, 1.165) is 17.6 Å². The van der Waals surface area contributed by atoms with E-state index in [1.807, 2.05) is 0 Å². The fraction of sp³-hybridized carbons (Fsp3) is 0.400. The van der Waals surface area contributed by atoms with Crippen molar-refractivity contribution < 1.29 is 57.0 Å². The normalized spacial score (nSPS) is 10.6. The van der Waals surface area contributed by atoms with Gasteiger partial charge in [0.05, 0.1) is 34.2 Å². The number of halogens is 2. The van der Waals surface area contributed by atoms with Crippen LogP contribution in [0.5, 0.6) is 0 Å². The van der Waals surface area contributed by atoms with Crippen molar-refractivity contribution in [1.29, 1.82) is 0 Å². The Morgan fingerprint density at radius 1 is 1.10 bits per heavy atom. The lowest BCUT2D eigenvalue weighted by molar-refractivity contribution is -0.868. The topological polar surface area (TPSA) is 15.9 Å². The number of pyridine rings is 1. The van der Waals surface area contributed by atoms with Crippen LogP contribution in [-0.4, -0.2) is 38.7 Å². The van der Waals surface area contributed by atoms with Crippen molar-refractivity contribution in [3.05, 3.63) is 36.5 Å². The summed E-state index contributed by atoms with van der Waals surface area (Å²) in [6.45, 7) is 2.10. The standard InChI is InChI=1S/C15H22N3.2HI/c1-17-10-5-6-13-7-8-14(12-15(13)17)16-9-11-18(2,3)4;;/h5-8,10,12H,9,11H2,1-4H3;2*1H/q+1;;/p-1. The highest BCUT2D eigenvalue weighted by Crippen LogP contribution is 2.15. The molecule has 0 bridgehead atoms. The quantitative estimate of drug-likeness (QED) is 0.257. The fourth-order valence-corrected chi connectivity index (χ4v) is 1.99. The van der Waals surface area contributed by atoms with Crippen LogP contribution in [0.15, 0.2) is 36.5 Å². The highest BCUT2D eigenvalue weighted by atomic mass is 127. The van der Waals surface area contributed by atoms with Crippen LogP contribution >= 0.6 is 0 Å². The zero-order valence-electron chi connectivity index (χ0n) is 12.5. The summed E-state index contributed by atoms with van der Waals surface area (Å²) in [5.74, 6) is 0. The molecule has 0 aliphatic heterocycles. The molecule has 0 fully saturated rings. The average Bonchev–Trinajstić information content (AvgIpc) is 2.28. The highest BCUT2D eigenvalue weighted by Gasteiger charge is 2.07. The number of likely N-dealkylation sites (N-methyl/N-ethyl adjacent to an activating group) is 1. The maximum Gasteiger partial charge on any atom is 0.214 e. The Bertz CT molecular complexity index is 550. The highest BCUT2D eigenvalue weighted by molar-refractivity contribution is 5.79. The fourth-order valence-electron chi connectivity index (χ4n) is 1.99. The van der Waals surface area contributed by atoms with Gasteiger partial charge in [0, 0.05) is 23.2 Å². The molecule has 0 spiro atoms. The van der Waals surface area contributed by atoms with Gasteiger partial charge in [-0.3, -0.25) is 0 Å². The zero-order chi connectivity index (χ0) is 13.2. The van der Waals surface area contributed by atoms with Gasteiger partial charge in [-0.15, -0.1) is 0 Å². The van der Waals surface area contributed by atoms with Crippen molar-refractivity contribution in [3.63, 3.8) is 0 Å². The largest absolute Gasteiger partial charge is 1.00 e. The van der Waals surface area contributed by atoms with Crippen LogP contribution in [0.25, 0.3) is 10.9 Å². The molecule has 1 aromatic carbocycles. The van der Waals surface area contributed by atoms with Gasteiger partial charge in [0.1, 0.15) is 7.05 Å². The molecular weight excluding hydrogens is 476 g/mol. The molecule has 0 aliphatic rings. The number of fused-ring (bicyclic) bond motifs is 1. The number of rotatable bonds is 4. The Kier molecular flexibility index (Phi) is 8.27. The number of aryl methyl sites for hydroxylation is 1. The molecule has 0 saturated carbocycles. The molecule has 3 nitrogen and oxygen atoms in total. The van der Waals surface area contributed by atoms with Gasteiger partial charge in [-0.25, -0.2) is 4.57 Å². The van der Waals surface area contributed by atoms with Crippen molar-refractivity contribution in [2.75, 3.05) is 39.5 Å². The summed E-state index contributed by atoms with van der Waals surface area (Å²) in [5.41, 5.74) is 2.45. The summed E-state index contributed by atoms with van der Waals surface area (Å²) in [7, 11) is 8.71. The van der Waals surface area contributed by atoms with Crippen LogP contribution in [0, 0.1) is 0 Å². The molecule has 0 radical (unpaired) electrons. The van der Waals surface area contributed by atoms with Crippen molar-refractivity contribution in [2.45, 2.75) is 0 Å². The number of benzene rings is 1. The summed E-state index contributed by atoms with van der Waals surface area (Å²) >= 11 is 0. The number of aromatic nitrogens is 1. The van der Waals surface area contributed by atoms with Crippen molar-refractivity contribution >= 4 is 16.6 Å². The van der Waals surface area contributed by atoms with E-state index in [1.54, 1.807) is 0 Å². The van der Waals surface area contributed by atoms with Crippen LogP contribution in [-0.2, 0) is 7.05 Å². The molecule has 0 saturated heterocycles. The number of quaternary nitrogens is 1. The molecule has 1 aromatic heterocycles. The Balaban J connectivity index is 0.00000180. The molecule has 0 unspecified atom stereocenters. The lowest BCUT2D eigenvalue weighted by atomic mass is 10.2. The molecule has 20 heavy (non-hydrogen) atoms. The van der Waals surface area contributed by atoms with E-state index >= 15 is 0 Å². The molecule has 5 heteroatoms. The third kappa shape index (κ3) is 5.69. The minimum atomic E-state index is 0. The van der Waals surface area contributed by atoms with Gasteiger partial charge in [0.2, 0.25) is 5.52 Å². The second-order valence-corrected chi connectivity index (χ2v) is 5.83. The number of anilines is 1. The molecule has 2 rings (SSSR count). The van der Waals surface area contributed by atoms with Crippen LogP contribution in [0.3, 0.4) is 0 Å². The summed E-state index contributed by atoms with van der Waals surface area (Å²) in [6, 6.07) is 10.8. The van der Waals surface area contributed by atoms with Gasteiger partial charge in [-0.05, 0) is 18.2 Å². The van der Waals surface area contributed by atoms with Crippen LogP contribution in [0.1, 0.15) is 0 Å². The van der Waals surface area contributed by atoms with Crippen LogP contribution in [0.2, 0.25) is 0 Å². The second kappa shape index (κ2) is 8.33. The van der Waals surface area contributed by atoms with Gasteiger partial charge < -0.3 is 57.8 Å². The maximum absolute atomic E-state index is 3.49. The second-order valence-electron chi connectivity index (χ2n) is 5.83. The molecule has 0 atom stereocenters. The summed E-state index contributed by atoms with van der Waals surface area (Å²) in [5, 5.41) is 4.77. The Labute approximate surface area is 156 Å². The minimum Gasteiger partial charge on any atom is -1.00 e. The Hall–Kier alpha value is -0.150. The van der Waals surface area contributed by atoms with E-state index in [0.29, 0.717) is 0 Å². The van der Waals surface area contributed by atoms with Crippen molar-refractivity contribution in [3.8, 4) is 0 Å². The monoisotopic (exact) mass is 499 g/mol. The SMILES string of the molecule is C[n+]1cccc2ccc(NCC[N+](C)(C)C)cc21.[I-].[I-]. The average molecular weight is 499 g/mol. The first kappa shape index (κ1) is 19.9. The van der Waals surface area contributed by atoms with E-state index in [-0.39, 0.29) is 48.0 Å². The maximum atomic E-state index is 3.49. The van der Waals surface area contributed by atoms with E-state index in [4.69, 9.17) is 0 Å². The summed E-state index contributed by atoms with van der Waals surface area (Å²) in [4.78, 5) is 0. The molecule has 1 heterocycles. The summed E-state index contributed by atoms with van der Waals surface area (Å²) in [6.07, 6.45) is 2.08. The predicted molar refractivity (Wildman–Crippen MR) is 76.5 cm³/mol. The predicted octanol–water partition coefficient (Wildman–Crippen LogP) is -4.21. The number of hydrogen-bond acceptors (Lipinski definition) is 1. The lowest BCUT2D eigenvalue weighted by Crippen LogP contribution is -3.00. The molecule has 1 N–H and O–H groups in total. The zero-order valence-corrected chi connectivity index (χ0v) is 16.8. The van der Waals surface area contributed by atoms with E-state index < -0.39 is 0 Å². The molecule has 2 aromatic rings. The third-order valence-electron chi connectivity index (χ3n) is 3.11. The van der Waals surface area contributed by atoms with Gasteiger partial charge in [-0.2, -0.15) is 0 Å². The van der Waals surface area contributed by atoms with Crippen LogP contribution < -0.4 is 57.8 Å². The molecular formula is C15H23I2N3. The smallest absolute Gasteiger partial charge is 0.214 e. The Morgan fingerprint density at radius 3 is 2.45 bits per heavy atom. The van der Waals surface area contributed by atoms with E-state index in [2.05, 4.69) is 74.6 Å². The Morgan fingerprint density at radius 2 is 1.80 bits per heavy atom. The minimum absolute atomic E-state index is 0. The molecule has 112 valence electrons. The van der Waals surface area contributed by atoms with E-state index in [9.17, 15) is 0 Å². The van der Waals surface area contributed by atoms with Crippen molar-refractivity contribution in [1.82, 2.24) is 0 Å². The first-order chi connectivity index (χ1) is 8.46. The molecule has 0 aliphatic carbocycles. The number of nitrogens with zero attached hydrogens (tertiary/aromatic N) is 2. The van der Waals surface area contributed by atoms with Gasteiger partial charge >= 0.3 is 0 Å². The number of hydrogen-bond donors (Lipinski definition) is 1. The van der Waals surface area contributed by atoms with Gasteiger partial charge in [-0.1, -0.05) is 0 Å². The summed E-state index contributed by atoms with van der Waals surface area (Å²) < 4.78 is 3.13.